The number of amides is 2. The molecule has 1 aromatic carbocycles. The Labute approximate surface area is 224 Å². The highest BCUT2D eigenvalue weighted by atomic mass is 35.5. The minimum Gasteiger partial charge on any atom is -0.476 e. The Morgan fingerprint density at radius 2 is 1.65 bits per heavy atom. The van der Waals surface area contributed by atoms with Gasteiger partial charge in [-0.15, -0.1) is 0 Å². The molecule has 206 valence electrons. The van der Waals surface area contributed by atoms with Crippen LogP contribution in [0.1, 0.15) is 54.4 Å². The number of benzene rings is 1. The van der Waals surface area contributed by atoms with Crippen LogP contribution in [-0.4, -0.2) is 84.8 Å². The quantitative estimate of drug-likeness (QED) is 0.498. The summed E-state index contributed by atoms with van der Waals surface area (Å²) in [5.41, 5.74) is -0.865. The molecule has 10 heteroatoms. The number of esters is 1. The Kier molecular flexibility index (Phi) is 9.21. The zero-order chi connectivity index (χ0) is 27.4. The van der Waals surface area contributed by atoms with Crippen molar-refractivity contribution in [3.63, 3.8) is 0 Å². The number of hydrogen-bond acceptors (Lipinski definition) is 7. The molecule has 1 aromatic rings. The SMILES string of the molecule is CCOC(=O)[C@@H]1CCCN(c2ccc(Cl)c(OC(C)(C)C(=O)N3CCN(C(=O)OC(C)(C)C)CC3)c2)C1. The van der Waals surface area contributed by atoms with Gasteiger partial charge in [0.05, 0.1) is 17.5 Å². The molecule has 0 aliphatic carbocycles. The number of carbonyl (C=O) groups is 3. The van der Waals surface area contributed by atoms with Crippen LogP contribution in [0.25, 0.3) is 0 Å². The predicted octanol–water partition coefficient (Wildman–Crippen LogP) is 4.36. The molecule has 2 fully saturated rings. The molecular weight excluding hydrogens is 498 g/mol. The van der Waals surface area contributed by atoms with E-state index in [9.17, 15) is 14.4 Å². The fraction of sp³-hybridized carbons (Fsp3) is 0.667. The lowest BCUT2D eigenvalue weighted by atomic mass is 9.97. The Bertz CT molecular complexity index is 985. The normalized spacial score (nSPS) is 18.9. The van der Waals surface area contributed by atoms with Crippen molar-refractivity contribution in [3.05, 3.63) is 23.2 Å². The van der Waals surface area contributed by atoms with Crippen LogP contribution >= 0.6 is 11.6 Å². The van der Waals surface area contributed by atoms with E-state index >= 15 is 0 Å². The number of carbonyl (C=O) groups excluding carboxylic acids is 3. The van der Waals surface area contributed by atoms with Crippen LogP contribution in [-0.2, 0) is 19.1 Å². The molecule has 0 radical (unpaired) electrons. The van der Waals surface area contributed by atoms with Crippen LogP contribution in [0.2, 0.25) is 5.02 Å². The van der Waals surface area contributed by atoms with E-state index in [2.05, 4.69) is 4.90 Å². The van der Waals surface area contributed by atoms with E-state index in [1.807, 2.05) is 39.8 Å². The van der Waals surface area contributed by atoms with Crippen molar-refractivity contribution >= 4 is 35.3 Å². The first-order chi connectivity index (χ1) is 17.3. The van der Waals surface area contributed by atoms with Gasteiger partial charge in [-0.3, -0.25) is 9.59 Å². The van der Waals surface area contributed by atoms with E-state index in [0.29, 0.717) is 50.1 Å². The number of rotatable bonds is 6. The van der Waals surface area contributed by atoms with E-state index in [4.69, 9.17) is 25.8 Å². The van der Waals surface area contributed by atoms with Gasteiger partial charge in [0.15, 0.2) is 5.60 Å². The maximum absolute atomic E-state index is 13.4. The van der Waals surface area contributed by atoms with Crippen LogP contribution in [0, 0.1) is 5.92 Å². The van der Waals surface area contributed by atoms with Gasteiger partial charge in [-0.2, -0.15) is 0 Å². The third kappa shape index (κ3) is 7.66. The van der Waals surface area contributed by atoms with Gasteiger partial charge >= 0.3 is 12.1 Å². The van der Waals surface area contributed by atoms with Crippen LogP contribution in [0.4, 0.5) is 10.5 Å². The van der Waals surface area contributed by atoms with E-state index in [0.717, 1.165) is 25.1 Å². The van der Waals surface area contributed by atoms with E-state index < -0.39 is 11.2 Å². The number of piperidine rings is 1. The standard InChI is InChI=1S/C27H40ClN3O6/c1-7-35-23(32)19-9-8-12-31(18-19)20-10-11-21(28)22(17-20)36-27(5,6)24(33)29-13-15-30(16-14-29)25(34)37-26(2,3)4/h10-11,17,19H,7-9,12-16,18H2,1-6H3/t19-/m1/s1. The first-order valence-electron chi connectivity index (χ1n) is 13.0. The third-order valence-corrected chi connectivity index (χ3v) is 6.73. The second-order valence-electron chi connectivity index (χ2n) is 11.0. The van der Waals surface area contributed by atoms with Gasteiger partial charge in [0.25, 0.3) is 5.91 Å². The van der Waals surface area contributed by atoms with Crippen LogP contribution < -0.4 is 9.64 Å². The predicted molar refractivity (Wildman–Crippen MR) is 142 cm³/mol. The molecule has 2 aliphatic heterocycles. The smallest absolute Gasteiger partial charge is 0.410 e. The van der Waals surface area contributed by atoms with Gasteiger partial charge in [-0.25, -0.2) is 4.79 Å². The summed E-state index contributed by atoms with van der Waals surface area (Å²) in [6.07, 6.45) is 1.30. The molecule has 3 rings (SSSR count). The van der Waals surface area contributed by atoms with Gasteiger partial charge in [0.2, 0.25) is 0 Å². The maximum Gasteiger partial charge on any atom is 0.410 e. The average Bonchev–Trinajstić information content (AvgIpc) is 2.84. The molecular formula is C27H40ClN3O6. The van der Waals surface area contributed by atoms with Gasteiger partial charge in [-0.05, 0) is 66.5 Å². The molecule has 0 aromatic heterocycles. The van der Waals surface area contributed by atoms with Crippen LogP contribution in [0.15, 0.2) is 18.2 Å². The first-order valence-corrected chi connectivity index (χ1v) is 13.4. The fourth-order valence-corrected chi connectivity index (χ4v) is 4.71. The number of piperazine rings is 1. The van der Waals surface area contributed by atoms with Crippen LogP contribution in [0.5, 0.6) is 5.75 Å². The van der Waals surface area contributed by atoms with Crippen molar-refractivity contribution in [1.29, 1.82) is 0 Å². The number of nitrogens with zero attached hydrogens (tertiary/aromatic N) is 3. The summed E-state index contributed by atoms with van der Waals surface area (Å²) in [5, 5.41) is 0.401. The Morgan fingerprint density at radius 1 is 1.00 bits per heavy atom. The summed E-state index contributed by atoms with van der Waals surface area (Å²) in [6.45, 7) is 14.0. The summed E-state index contributed by atoms with van der Waals surface area (Å²) in [4.78, 5) is 43.4. The largest absolute Gasteiger partial charge is 0.476 e. The lowest BCUT2D eigenvalue weighted by Crippen LogP contribution is -2.57. The maximum atomic E-state index is 13.4. The topological polar surface area (TPSA) is 88.6 Å². The highest BCUT2D eigenvalue weighted by Crippen LogP contribution is 2.34. The van der Waals surface area contributed by atoms with Crippen molar-refractivity contribution < 1.29 is 28.6 Å². The summed E-state index contributed by atoms with van der Waals surface area (Å²) >= 11 is 6.46. The zero-order valence-electron chi connectivity index (χ0n) is 22.8. The van der Waals surface area contributed by atoms with Crippen molar-refractivity contribution in [3.8, 4) is 5.75 Å². The highest BCUT2D eigenvalue weighted by molar-refractivity contribution is 6.32. The molecule has 37 heavy (non-hydrogen) atoms. The summed E-state index contributed by atoms with van der Waals surface area (Å²) in [7, 11) is 0. The van der Waals surface area contributed by atoms with Gasteiger partial charge in [0, 0.05) is 51.0 Å². The molecule has 0 spiro atoms. The Hall–Kier alpha value is -2.68. The molecule has 0 saturated carbocycles. The molecule has 0 N–H and O–H groups in total. The van der Waals surface area contributed by atoms with Gasteiger partial charge in [0.1, 0.15) is 11.4 Å². The van der Waals surface area contributed by atoms with E-state index in [-0.39, 0.29) is 23.9 Å². The third-order valence-electron chi connectivity index (χ3n) is 6.42. The number of anilines is 1. The van der Waals surface area contributed by atoms with E-state index in [1.165, 1.54) is 0 Å². The molecule has 0 bridgehead atoms. The molecule has 2 amide bonds. The van der Waals surface area contributed by atoms with Crippen LogP contribution in [0.3, 0.4) is 0 Å². The average molecular weight is 538 g/mol. The zero-order valence-corrected chi connectivity index (χ0v) is 23.6. The summed E-state index contributed by atoms with van der Waals surface area (Å²) in [6, 6.07) is 5.47. The van der Waals surface area contributed by atoms with Gasteiger partial charge < -0.3 is 28.9 Å². The highest BCUT2D eigenvalue weighted by Gasteiger charge is 2.37. The molecule has 9 nitrogen and oxygen atoms in total. The summed E-state index contributed by atoms with van der Waals surface area (Å²) in [5.74, 6) is -0.122. The first kappa shape index (κ1) is 28.9. The van der Waals surface area contributed by atoms with E-state index in [1.54, 1.807) is 29.7 Å². The minimum absolute atomic E-state index is 0.170. The minimum atomic E-state index is -1.17. The van der Waals surface area contributed by atoms with Crippen molar-refractivity contribution in [1.82, 2.24) is 9.80 Å². The second kappa shape index (κ2) is 11.8. The monoisotopic (exact) mass is 537 g/mol. The van der Waals surface area contributed by atoms with Crippen molar-refractivity contribution in [2.75, 3.05) is 50.8 Å². The van der Waals surface area contributed by atoms with Crippen molar-refractivity contribution in [2.24, 2.45) is 5.92 Å². The lowest BCUT2D eigenvalue weighted by molar-refractivity contribution is -0.148. The number of halogens is 1. The number of ether oxygens (including phenoxy) is 3. The Morgan fingerprint density at radius 3 is 2.27 bits per heavy atom. The molecule has 0 unspecified atom stereocenters. The molecule has 2 saturated heterocycles. The van der Waals surface area contributed by atoms with Crippen molar-refractivity contribution in [2.45, 2.75) is 65.6 Å². The summed E-state index contributed by atoms with van der Waals surface area (Å²) < 4.78 is 16.8. The number of hydrogen-bond donors (Lipinski definition) is 0. The molecule has 2 heterocycles. The second-order valence-corrected chi connectivity index (χ2v) is 11.4. The fourth-order valence-electron chi connectivity index (χ4n) is 4.55. The molecule has 1 atom stereocenters. The molecule has 2 aliphatic rings. The lowest BCUT2D eigenvalue weighted by Gasteiger charge is -2.39. The Balaban J connectivity index is 1.64. The van der Waals surface area contributed by atoms with Gasteiger partial charge in [-0.1, -0.05) is 11.6 Å².